The molecule has 2 aromatic rings. The first kappa shape index (κ1) is 18.3. The molecule has 0 aromatic heterocycles. The zero-order chi connectivity index (χ0) is 17.9. The first-order valence-electron chi connectivity index (χ1n) is 6.33. The Morgan fingerprint density at radius 2 is 1.79 bits per heavy atom. The molecule has 10 heteroatoms. The molecule has 0 aliphatic heterocycles. The summed E-state index contributed by atoms with van der Waals surface area (Å²) in [6.45, 7) is 0. The molecule has 0 fully saturated rings. The van der Waals surface area contributed by atoms with Crippen LogP contribution >= 0.6 is 44.1 Å². The lowest BCUT2D eigenvalue weighted by atomic mass is 10.1. The lowest BCUT2D eigenvalue weighted by Gasteiger charge is -2.11. The quantitative estimate of drug-likeness (QED) is 0.269. The van der Waals surface area contributed by atoms with Crippen LogP contribution in [-0.2, 0) is 0 Å². The number of aromatic hydroxyl groups is 1. The van der Waals surface area contributed by atoms with Crippen molar-refractivity contribution in [3.63, 3.8) is 0 Å². The minimum absolute atomic E-state index is 0.0235. The van der Waals surface area contributed by atoms with Crippen LogP contribution in [0.4, 0.5) is 11.4 Å². The number of phenols is 1. The molecule has 0 aliphatic carbocycles. The maximum absolute atomic E-state index is 12.2. The van der Waals surface area contributed by atoms with Crippen molar-refractivity contribution in [1.29, 1.82) is 0 Å². The van der Waals surface area contributed by atoms with Crippen molar-refractivity contribution in [2.45, 2.75) is 0 Å². The Balaban J connectivity index is 2.13. The number of nitrogens with one attached hydrogen (secondary N) is 2. The zero-order valence-electron chi connectivity index (χ0n) is 11.7. The number of nitro groups is 1. The lowest BCUT2D eigenvalue weighted by Crippen LogP contribution is -2.34. The Hall–Kier alpha value is -2.04. The molecule has 0 radical (unpaired) electrons. The van der Waals surface area contributed by atoms with Gasteiger partial charge in [-0.25, -0.2) is 0 Å². The van der Waals surface area contributed by atoms with E-state index < -0.39 is 10.8 Å². The predicted octanol–water partition coefficient (Wildman–Crippen LogP) is 3.95. The van der Waals surface area contributed by atoms with E-state index in [1.165, 1.54) is 24.3 Å². The number of halogens is 2. The standard InChI is InChI=1S/C14H9Br2N3O4S/c15-9-5-7(6-10(16)12(9)20)17-14(24)18-13(21)8-3-1-2-4-11(8)19(22)23/h1-6,20H,(H2,17,18,21,24). The SMILES string of the molecule is O=C(NC(=S)Nc1cc(Br)c(O)c(Br)c1)c1ccccc1[N+](=O)[O-]. The monoisotopic (exact) mass is 473 g/mol. The smallest absolute Gasteiger partial charge is 0.282 e. The summed E-state index contributed by atoms with van der Waals surface area (Å²) < 4.78 is 0.847. The van der Waals surface area contributed by atoms with Crippen molar-refractivity contribution < 1.29 is 14.8 Å². The van der Waals surface area contributed by atoms with E-state index in [0.29, 0.717) is 14.6 Å². The molecule has 0 saturated heterocycles. The average molecular weight is 475 g/mol. The Morgan fingerprint density at radius 1 is 1.21 bits per heavy atom. The summed E-state index contributed by atoms with van der Waals surface area (Å²) in [5.74, 6) is -0.674. The van der Waals surface area contributed by atoms with Crippen LogP contribution < -0.4 is 10.6 Å². The highest BCUT2D eigenvalue weighted by molar-refractivity contribution is 9.11. The minimum Gasteiger partial charge on any atom is -0.506 e. The largest absolute Gasteiger partial charge is 0.506 e. The Kier molecular flexibility index (Phi) is 5.86. The zero-order valence-corrected chi connectivity index (χ0v) is 15.7. The van der Waals surface area contributed by atoms with Crippen molar-refractivity contribution in [2.24, 2.45) is 0 Å². The molecule has 124 valence electrons. The van der Waals surface area contributed by atoms with Crippen molar-refractivity contribution in [3.05, 3.63) is 61.0 Å². The van der Waals surface area contributed by atoms with Crippen LogP contribution in [-0.4, -0.2) is 21.0 Å². The third kappa shape index (κ3) is 4.28. The van der Waals surface area contributed by atoms with Gasteiger partial charge in [-0.1, -0.05) is 12.1 Å². The molecule has 7 nitrogen and oxygen atoms in total. The molecule has 0 atom stereocenters. The molecule has 3 N–H and O–H groups in total. The molecule has 0 heterocycles. The summed E-state index contributed by atoms with van der Waals surface area (Å²) in [5, 5.41) is 25.7. The number of hydrogen-bond donors (Lipinski definition) is 3. The molecule has 0 unspecified atom stereocenters. The van der Waals surface area contributed by atoms with Gasteiger partial charge in [-0.3, -0.25) is 20.2 Å². The summed E-state index contributed by atoms with van der Waals surface area (Å²) in [5.41, 5.74) is 0.0899. The Labute approximate surface area is 158 Å². The molecule has 1 amide bonds. The first-order chi connectivity index (χ1) is 11.3. The summed E-state index contributed by atoms with van der Waals surface area (Å²) in [6.07, 6.45) is 0. The van der Waals surface area contributed by atoms with Crippen LogP contribution in [0.2, 0.25) is 0 Å². The molecule has 24 heavy (non-hydrogen) atoms. The van der Waals surface area contributed by atoms with Gasteiger partial charge in [0, 0.05) is 11.8 Å². The molecule has 0 aliphatic rings. The topological polar surface area (TPSA) is 104 Å². The second-order valence-corrected chi connectivity index (χ2v) is 6.59. The van der Waals surface area contributed by atoms with E-state index in [9.17, 15) is 20.0 Å². The van der Waals surface area contributed by atoms with E-state index in [4.69, 9.17) is 12.2 Å². The van der Waals surface area contributed by atoms with Crippen molar-refractivity contribution in [3.8, 4) is 5.75 Å². The average Bonchev–Trinajstić information content (AvgIpc) is 2.52. The van der Waals surface area contributed by atoms with Gasteiger partial charge in [0.1, 0.15) is 11.3 Å². The Bertz CT molecular complexity index is 822. The number of benzene rings is 2. The van der Waals surface area contributed by atoms with Crippen molar-refractivity contribution in [1.82, 2.24) is 5.32 Å². The third-order valence-electron chi connectivity index (χ3n) is 2.85. The van der Waals surface area contributed by atoms with Crippen LogP contribution in [0.15, 0.2) is 45.3 Å². The van der Waals surface area contributed by atoms with Gasteiger partial charge in [0.2, 0.25) is 0 Å². The van der Waals surface area contributed by atoms with Gasteiger partial charge in [-0.05, 0) is 62.3 Å². The molecule has 2 rings (SSSR count). The fourth-order valence-electron chi connectivity index (χ4n) is 1.80. The molecule has 0 spiro atoms. The second kappa shape index (κ2) is 7.69. The predicted molar refractivity (Wildman–Crippen MR) is 100 cm³/mol. The fraction of sp³-hybridized carbons (Fsp3) is 0. The fourth-order valence-corrected chi connectivity index (χ4v) is 3.19. The van der Waals surface area contributed by atoms with Gasteiger partial charge < -0.3 is 10.4 Å². The Morgan fingerprint density at radius 3 is 2.38 bits per heavy atom. The minimum atomic E-state index is -0.697. The number of nitro benzene ring substituents is 1. The molecule has 2 aromatic carbocycles. The van der Waals surface area contributed by atoms with Gasteiger partial charge in [0.15, 0.2) is 5.11 Å². The maximum atomic E-state index is 12.2. The van der Waals surface area contributed by atoms with E-state index in [-0.39, 0.29) is 22.1 Å². The third-order valence-corrected chi connectivity index (χ3v) is 4.26. The van der Waals surface area contributed by atoms with Gasteiger partial charge >= 0.3 is 0 Å². The van der Waals surface area contributed by atoms with Gasteiger partial charge in [-0.15, -0.1) is 0 Å². The number of amides is 1. The molecule has 0 saturated carbocycles. The summed E-state index contributed by atoms with van der Waals surface area (Å²) >= 11 is 11.4. The lowest BCUT2D eigenvalue weighted by molar-refractivity contribution is -0.385. The van der Waals surface area contributed by atoms with Gasteiger partial charge in [0.25, 0.3) is 11.6 Å². The van der Waals surface area contributed by atoms with E-state index in [1.807, 2.05) is 0 Å². The van der Waals surface area contributed by atoms with E-state index in [1.54, 1.807) is 12.1 Å². The number of phenolic OH excluding ortho intramolecular Hbond substituents is 1. The van der Waals surface area contributed by atoms with E-state index >= 15 is 0 Å². The summed E-state index contributed by atoms with van der Waals surface area (Å²) in [6, 6.07) is 8.68. The van der Waals surface area contributed by atoms with Crippen LogP contribution in [0, 0.1) is 10.1 Å². The number of carbonyl (C=O) groups excluding carboxylic acids is 1. The molecular formula is C14H9Br2N3O4S. The number of carbonyl (C=O) groups is 1. The highest BCUT2D eigenvalue weighted by Gasteiger charge is 2.20. The summed E-state index contributed by atoms with van der Waals surface area (Å²) in [4.78, 5) is 22.5. The van der Waals surface area contributed by atoms with Crippen LogP contribution in [0.1, 0.15) is 10.4 Å². The summed E-state index contributed by atoms with van der Waals surface area (Å²) in [7, 11) is 0. The highest BCUT2D eigenvalue weighted by Crippen LogP contribution is 2.35. The van der Waals surface area contributed by atoms with Crippen molar-refractivity contribution >= 4 is 66.5 Å². The van der Waals surface area contributed by atoms with Gasteiger partial charge in [-0.2, -0.15) is 0 Å². The van der Waals surface area contributed by atoms with E-state index in [2.05, 4.69) is 42.5 Å². The number of thiocarbonyl (C=S) groups is 1. The molecular weight excluding hydrogens is 466 g/mol. The number of rotatable bonds is 3. The number of hydrogen-bond acceptors (Lipinski definition) is 5. The van der Waals surface area contributed by atoms with Gasteiger partial charge in [0.05, 0.1) is 13.9 Å². The number of nitrogens with zero attached hydrogens (tertiary/aromatic N) is 1. The van der Waals surface area contributed by atoms with Crippen LogP contribution in [0.3, 0.4) is 0 Å². The maximum Gasteiger partial charge on any atom is 0.282 e. The van der Waals surface area contributed by atoms with E-state index in [0.717, 1.165) is 0 Å². The van der Waals surface area contributed by atoms with Crippen LogP contribution in [0.5, 0.6) is 5.75 Å². The number of anilines is 1. The second-order valence-electron chi connectivity index (χ2n) is 4.47. The molecule has 0 bridgehead atoms. The normalized spacial score (nSPS) is 10.1. The van der Waals surface area contributed by atoms with Crippen LogP contribution in [0.25, 0.3) is 0 Å². The first-order valence-corrected chi connectivity index (χ1v) is 8.32. The van der Waals surface area contributed by atoms with Crippen molar-refractivity contribution in [2.75, 3.05) is 5.32 Å². The number of para-hydroxylation sites is 1. The highest BCUT2D eigenvalue weighted by atomic mass is 79.9.